The smallest absolute Gasteiger partial charge is 0.170 e. The van der Waals surface area contributed by atoms with Crippen LogP contribution in [0.3, 0.4) is 0 Å². The van der Waals surface area contributed by atoms with Crippen molar-refractivity contribution < 1.29 is 10.3 Å². The molecule has 1 rings (SSSR count). The third-order valence-corrected chi connectivity index (χ3v) is 4.00. The maximum absolute atomic E-state index is 9.52. The molecule has 0 amide bonds. The van der Waals surface area contributed by atoms with Gasteiger partial charge in [-0.2, -0.15) is 0 Å². The highest BCUT2D eigenvalue weighted by Crippen LogP contribution is 2.24. The molecule has 0 heterocycles. The molecule has 0 aliphatic carbocycles. The zero-order chi connectivity index (χ0) is 15.0. The minimum absolute atomic E-state index is 0.0524. The number of rotatable bonds is 8. The molecule has 0 aliphatic heterocycles. The van der Waals surface area contributed by atoms with E-state index in [0.29, 0.717) is 12.1 Å². The van der Waals surface area contributed by atoms with Crippen molar-refractivity contribution in [1.82, 2.24) is 5.32 Å². The van der Waals surface area contributed by atoms with Gasteiger partial charge in [0.25, 0.3) is 0 Å². The Kier molecular flexibility index (Phi) is 6.48. The highest BCUT2D eigenvalue weighted by Gasteiger charge is 2.24. The fraction of sp³-hybridized carbons (Fsp3) is 0.533. The first kappa shape index (κ1) is 16.5. The molecule has 0 bridgehead atoms. The van der Waals surface area contributed by atoms with Crippen LogP contribution >= 0.6 is 0 Å². The summed E-state index contributed by atoms with van der Waals surface area (Å²) in [4.78, 5) is 0. The average molecular weight is 279 g/mol. The van der Waals surface area contributed by atoms with Gasteiger partial charge < -0.3 is 21.4 Å². The summed E-state index contributed by atoms with van der Waals surface area (Å²) in [6.45, 7) is 5.84. The Morgan fingerprint density at radius 2 is 2.05 bits per heavy atom. The van der Waals surface area contributed by atoms with Crippen LogP contribution in [-0.2, 0) is 6.54 Å². The summed E-state index contributed by atoms with van der Waals surface area (Å²) in [5.74, 6) is 0.110. The number of nitrogens with one attached hydrogen (secondary N) is 1. The largest absolute Gasteiger partial charge is 0.409 e. The number of nitrogens with zero attached hydrogens (tertiary/aromatic N) is 1. The van der Waals surface area contributed by atoms with Crippen LogP contribution in [0.5, 0.6) is 0 Å². The van der Waals surface area contributed by atoms with Crippen LogP contribution in [0.2, 0.25) is 0 Å². The Morgan fingerprint density at radius 3 is 2.60 bits per heavy atom. The number of nitrogens with two attached hydrogens (primary N) is 1. The quantitative estimate of drug-likeness (QED) is 0.252. The van der Waals surface area contributed by atoms with Crippen molar-refractivity contribution in [3.63, 3.8) is 0 Å². The van der Waals surface area contributed by atoms with Gasteiger partial charge in [-0.1, -0.05) is 37.2 Å². The van der Waals surface area contributed by atoms with Gasteiger partial charge in [0.05, 0.1) is 0 Å². The van der Waals surface area contributed by atoms with Gasteiger partial charge in [-0.25, -0.2) is 0 Å². The van der Waals surface area contributed by atoms with Crippen molar-refractivity contribution in [1.29, 1.82) is 0 Å². The van der Waals surface area contributed by atoms with E-state index in [4.69, 9.17) is 10.9 Å². The van der Waals surface area contributed by atoms with Crippen molar-refractivity contribution in [3.8, 4) is 0 Å². The predicted octanol–water partition coefficient (Wildman–Crippen LogP) is 1.67. The molecule has 0 saturated heterocycles. The fourth-order valence-electron chi connectivity index (χ4n) is 2.15. The number of benzene rings is 1. The van der Waals surface area contributed by atoms with Crippen LogP contribution in [0.4, 0.5) is 0 Å². The van der Waals surface area contributed by atoms with Gasteiger partial charge in [0.1, 0.15) is 0 Å². The molecule has 5 nitrogen and oxygen atoms in total. The van der Waals surface area contributed by atoms with Gasteiger partial charge >= 0.3 is 0 Å². The van der Waals surface area contributed by atoms with E-state index >= 15 is 0 Å². The molecule has 1 aromatic carbocycles. The zero-order valence-electron chi connectivity index (χ0n) is 12.3. The molecule has 0 spiro atoms. The molecular weight excluding hydrogens is 254 g/mol. The average Bonchev–Trinajstić information content (AvgIpc) is 2.51. The topological polar surface area (TPSA) is 90.9 Å². The van der Waals surface area contributed by atoms with Crippen molar-refractivity contribution in [3.05, 3.63) is 35.4 Å². The van der Waals surface area contributed by atoms with Crippen LogP contribution in [0.1, 0.15) is 37.8 Å². The molecule has 0 aliphatic rings. The van der Waals surface area contributed by atoms with Gasteiger partial charge in [-0.3, -0.25) is 0 Å². The number of amidine groups is 1. The number of oxime groups is 1. The van der Waals surface area contributed by atoms with Crippen molar-refractivity contribution >= 4 is 5.84 Å². The summed E-state index contributed by atoms with van der Waals surface area (Å²) in [7, 11) is 0. The maximum atomic E-state index is 9.52. The van der Waals surface area contributed by atoms with E-state index in [9.17, 15) is 5.11 Å². The predicted molar refractivity (Wildman–Crippen MR) is 80.8 cm³/mol. The minimum Gasteiger partial charge on any atom is -0.409 e. The summed E-state index contributed by atoms with van der Waals surface area (Å²) >= 11 is 0. The summed E-state index contributed by atoms with van der Waals surface area (Å²) < 4.78 is 0. The van der Waals surface area contributed by atoms with E-state index in [0.717, 1.165) is 24.9 Å². The second kappa shape index (κ2) is 7.87. The monoisotopic (exact) mass is 279 g/mol. The number of aliphatic hydroxyl groups is 1. The van der Waals surface area contributed by atoms with E-state index in [1.807, 2.05) is 18.2 Å². The van der Waals surface area contributed by atoms with E-state index in [2.05, 4.69) is 24.3 Å². The first-order valence-corrected chi connectivity index (χ1v) is 6.99. The molecule has 0 unspecified atom stereocenters. The van der Waals surface area contributed by atoms with Gasteiger partial charge in [0, 0.05) is 30.7 Å². The SMILES string of the molecule is CCC(CC)(CO)CNCc1cccc(/C(N)=N/O)c1. The van der Waals surface area contributed by atoms with Crippen molar-refractivity contribution in [2.45, 2.75) is 33.2 Å². The molecule has 0 fully saturated rings. The van der Waals surface area contributed by atoms with E-state index in [1.54, 1.807) is 6.07 Å². The van der Waals surface area contributed by atoms with Crippen LogP contribution in [0.25, 0.3) is 0 Å². The summed E-state index contributed by atoms with van der Waals surface area (Å²) in [6.07, 6.45) is 1.88. The Balaban J connectivity index is 2.62. The number of hydrogen-bond donors (Lipinski definition) is 4. The standard InChI is InChI=1S/C15H25N3O2/c1-3-15(4-2,11-19)10-17-9-12-6-5-7-13(8-12)14(16)18-20/h5-8,17,19-20H,3-4,9-11H2,1-2H3,(H2,16,18). The molecule has 0 radical (unpaired) electrons. The molecule has 0 atom stereocenters. The lowest BCUT2D eigenvalue weighted by Gasteiger charge is -2.29. The van der Waals surface area contributed by atoms with Crippen molar-refractivity contribution in [2.75, 3.05) is 13.2 Å². The molecule has 20 heavy (non-hydrogen) atoms. The van der Waals surface area contributed by atoms with Gasteiger partial charge in [0.15, 0.2) is 5.84 Å². The van der Waals surface area contributed by atoms with Crippen molar-refractivity contribution in [2.24, 2.45) is 16.3 Å². The van der Waals surface area contributed by atoms with Gasteiger partial charge in [-0.15, -0.1) is 0 Å². The Morgan fingerprint density at radius 1 is 1.35 bits per heavy atom. The normalized spacial score (nSPS) is 12.7. The Bertz CT molecular complexity index is 434. The third kappa shape index (κ3) is 4.21. The van der Waals surface area contributed by atoms with E-state index in [1.165, 1.54) is 0 Å². The molecule has 0 saturated carbocycles. The van der Waals surface area contributed by atoms with Gasteiger partial charge in [-0.05, 0) is 24.5 Å². The molecule has 0 aromatic heterocycles. The van der Waals surface area contributed by atoms with Crippen LogP contribution < -0.4 is 11.1 Å². The molecule has 5 N–H and O–H groups in total. The minimum atomic E-state index is -0.0524. The summed E-state index contributed by atoms with van der Waals surface area (Å²) in [5.41, 5.74) is 7.28. The van der Waals surface area contributed by atoms with Gasteiger partial charge in [0.2, 0.25) is 0 Å². The van der Waals surface area contributed by atoms with E-state index in [-0.39, 0.29) is 17.9 Å². The van der Waals surface area contributed by atoms with Crippen LogP contribution in [-0.4, -0.2) is 29.3 Å². The number of hydrogen-bond acceptors (Lipinski definition) is 4. The Hall–Kier alpha value is -1.59. The second-order valence-electron chi connectivity index (χ2n) is 5.15. The molecule has 1 aromatic rings. The van der Waals surface area contributed by atoms with E-state index < -0.39 is 0 Å². The first-order chi connectivity index (χ1) is 9.60. The lowest BCUT2D eigenvalue weighted by atomic mass is 9.83. The third-order valence-electron chi connectivity index (χ3n) is 4.00. The zero-order valence-corrected chi connectivity index (χ0v) is 12.3. The highest BCUT2D eigenvalue weighted by molar-refractivity contribution is 5.97. The van der Waals surface area contributed by atoms with Crippen LogP contribution in [0.15, 0.2) is 29.4 Å². The second-order valence-corrected chi connectivity index (χ2v) is 5.15. The van der Waals surface area contributed by atoms with Crippen LogP contribution in [0, 0.1) is 5.41 Å². The Labute approximate surface area is 120 Å². The highest BCUT2D eigenvalue weighted by atomic mass is 16.4. The molecule has 112 valence electrons. The maximum Gasteiger partial charge on any atom is 0.170 e. The summed E-state index contributed by atoms with van der Waals surface area (Å²) in [5, 5.41) is 24.6. The molecular formula is C15H25N3O2. The molecule has 5 heteroatoms. The lowest BCUT2D eigenvalue weighted by Crippen LogP contribution is -2.36. The number of aliphatic hydroxyl groups excluding tert-OH is 1. The fourth-order valence-corrected chi connectivity index (χ4v) is 2.15. The lowest BCUT2D eigenvalue weighted by molar-refractivity contribution is 0.113. The first-order valence-electron chi connectivity index (χ1n) is 6.99. The summed E-state index contributed by atoms with van der Waals surface area (Å²) in [6, 6.07) is 7.55.